The van der Waals surface area contributed by atoms with Gasteiger partial charge in [0, 0.05) is 6.92 Å². The first-order valence-electron chi connectivity index (χ1n) is 7.00. The van der Waals surface area contributed by atoms with E-state index >= 15 is 0 Å². The van der Waals surface area contributed by atoms with Gasteiger partial charge in [0.05, 0.1) is 0 Å². The number of carbonyl (C=O) groups excluding carboxylic acids is 2. The minimum Gasteiger partial charge on any atom is -0.434 e. The number of hydrogen-bond donors (Lipinski definition) is 1. The van der Waals surface area contributed by atoms with Crippen molar-refractivity contribution in [2.45, 2.75) is 31.8 Å². The zero-order valence-electron chi connectivity index (χ0n) is 14.0. The van der Waals surface area contributed by atoms with Crippen molar-refractivity contribution in [2.24, 2.45) is 0 Å². The summed E-state index contributed by atoms with van der Waals surface area (Å²) >= 11 is 0. The molecule has 7 nitrogen and oxygen atoms in total. The number of alkyl halides is 6. The second kappa shape index (κ2) is 7.58. The van der Waals surface area contributed by atoms with Crippen LogP contribution in [0.1, 0.15) is 22.8 Å². The van der Waals surface area contributed by atoms with Crippen molar-refractivity contribution in [1.82, 2.24) is 0 Å². The SMILES string of the molecule is CC(=O)Oc1cc(C)ccc1C(=O)OC(CS(=O)(=O)O)(C(F)(F)F)C(F)(F)F. The van der Waals surface area contributed by atoms with E-state index < -0.39 is 57.1 Å². The van der Waals surface area contributed by atoms with Crippen LogP contribution in [0.15, 0.2) is 18.2 Å². The van der Waals surface area contributed by atoms with Gasteiger partial charge < -0.3 is 9.47 Å². The lowest BCUT2D eigenvalue weighted by Crippen LogP contribution is -2.63. The van der Waals surface area contributed by atoms with Crippen LogP contribution in [0.3, 0.4) is 0 Å². The van der Waals surface area contributed by atoms with Crippen LogP contribution < -0.4 is 4.74 Å². The van der Waals surface area contributed by atoms with E-state index in [4.69, 9.17) is 4.55 Å². The van der Waals surface area contributed by atoms with Gasteiger partial charge in [0.25, 0.3) is 10.1 Å². The van der Waals surface area contributed by atoms with Crippen molar-refractivity contribution in [3.05, 3.63) is 29.3 Å². The number of esters is 2. The molecule has 14 heteroatoms. The number of carbonyl (C=O) groups is 2. The largest absolute Gasteiger partial charge is 0.438 e. The lowest BCUT2D eigenvalue weighted by Gasteiger charge is -2.35. The number of ether oxygens (including phenoxy) is 2. The monoisotopic (exact) mass is 438 g/mol. The van der Waals surface area contributed by atoms with E-state index in [1.807, 2.05) is 0 Å². The molecule has 0 atom stereocenters. The van der Waals surface area contributed by atoms with E-state index in [-0.39, 0.29) is 0 Å². The zero-order chi connectivity index (χ0) is 22.1. The molecule has 0 unspecified atom stereocenters. The maximum atomic E-state index is 13.2. The molecular formula is C14H12F6O7S. The second-order valence-corrected chi connectivity index (χ2v) is 6.98. The average molecular weight is 438 g/mol. The fourth-order valence-electron chi connectivity index (χ4n) is 1.98. The highest BCUT2D eigenvalue weighted by Crippen LogP contribution is 2.47. The van der Waals surface area contributed by atoms with Gasteiger partial charge in [0.15, 0.2) is 0 Å². The zero-order valence-corrected chi connectivity index (χ0v) is 14.8. The third-order valence-corrected chi connectivity index (χ3v) is 3.95. The van der Waals surface area contributed by atoms with Gasteiger partial charge in [0.1, 0.15) is 17.1 Å². The van der Waals surface area contributed by atoms with Crippen LogP contribution in [0.2, 0.25) is 0 Å². The van der Waals surface area contributed by atoms with Crippen LogP contribution in [-0.2, 0) is 19.6 Å². The Morgan fingerprint density at radius 1 is 1.07 bits per heavy atom. The van der Waals surface area contributed by atoms with Gasteiger partial charge in [-0.05, 0) is 24.6 Å². The van der Waals surface area contributed by atoms with Gasteiger partial charge >= 0.3 is 29.9 Å². The van der Waals surface area contributed by atoms with Crippen molar-refractivity contribution < 1.29 is 58.4 Å². The first kappa shape index (κ1) is 23.7. The van der Waals surface area contributed by atoms with E-state index in [0.717, 1.165) is 25.1 Å². The Morgan fingerprint density at radius 3 is 1.96 bits per heavy atom. The van der Waals surface area contributed by atoms with Gasteiger partial charge in [-0.15, -0.1) is 0 Å². The molecule has 0 bridgehead atoms. The van der Waals surface area contributed by atoms with E-state index in [9.17, 15) is 44.3 Å². The number of hydrogen-bond acceptors (Lipinski definition) is 6. The maximum Gasteiger partial charge on any atom is 0.438 e. The van der Waals surface area contributed by atoms with Crippen molar-refractivity contribution >= 4 is 22.1 Å². The molecule has 0 saturated heterocycles. The standard InChI is InChI=1S/C14H12F6O7S/c1-7-3-4-9(10(5-7)26-8(2)21)11(22)27-12(13(15,16)17,14(18,19)20)6-28(23,24)25/h3-5H,6H2,1-2H3,(H,23,24,25). The van der Waals surface area contributed by atoms with Crippen LogP contribution >= 0.6 is 0 Å². The Bertz CT molecular complexity index is 859. The Labute approximate surface area is 154 Å². The molecule has 1 aromatic carbocycles. The molecule has 0 saturated carbocycles. The van der Waals surface area contributed by atoms with Gasteiger partial charge in [-0.3, -0.25) is 9.35 Å². The van der Waals surface area contributed by atoms with Crippen LogP contribution in [0.5, 0.6) is 5.75 Å². The van der Waals surface area contributed by atoms with Crippen LogP contribution in [0.25, 0.3) is 0 Å². The molecule has 158 valence electrons. The molecule has 0 aromatic heterocycles. The molecule has 1 N–H and O–H groups in total. The van der Waals surface area contributed by atoms with Crippen molar-refractivity contribution in [2.75, 3.05) is 5.75 Å². The van der Waals surface area contributed by atoms with E-state index in [2.05, 4.69) is 9.47 Å². The predicted molar refractivity (Wildman–Crippen MR) is 79.2 cm³/mol. The Balaban J connectivity index is 3.57. The summed E-state index contributed by atoms with van der Waals surface area (Å²) < 4.78 is 118. The van der Waals surface area contributed by atoms with E-state index in [1.165, 1.54) is 6.92 Å². The molecule has 0 heterocycles. The number of benzene rings is 1. The molecule has 0 radical (unpaired) electrons. The smallest absolute Gasteiger partial charge is 0.434 e. The summed E-state index contributed by atoms with van der Waals surface area (Å²) in [6.07, 6.45) is -12.9. The summed E-state index contributed by atoms with van der Waals surface area (Å²) in [6, 6.07) is 2.78. The summed E-state index contributed by atoms with van der Waals surface area (Å²) in [7, 11) is -5.91. The highest BCUT2D eigenvalue weighted by atomic mass is 32.2. The minimum absolute atomic E-state index is 0.323. The normalized spacial score (nSPS) is 13.2. The van der Waals surface area contributed by atoms with Crippen LogP contribution in [0, 0.1) is 6.92 Å². The Morgan fingerprint density at radius 2 is 1.57 bits per heavy atom. The number of rotatable bonds is 5. The van der Waals surface area contributed by atoms with Gasteiger partial charge in [-0.1, -0.05) is 6.07 Å². The first-order chi connectivity index (χ1) is 12.4. The quantitative estimate of drug-likeness (QED) is 0.326. The molecule has 0 amide bonds. The maximum absolute atomic E-state index is 13.2. The highest BCUT2D eigenvalue weighted by molar-refractivity contribution is 7.85. The van der Waals surface area contributed by atoms with E-state index in [1.54, 1.807) is 0 Å². The molecule has 28 heavy (non-hydrogen) atoms. The van der Waals surface area contributed by atoms with Gasteiger partial charge in [-0.25, -0.2) is 4.79 Å². The van der Waals surface area contributed by atoms with E-state index in [0.29, 0.717) is 5.56 Å². The molecule has 0 aliphatic rings. The van der Waals surface area contributed by atoms with Crippen LogP contribution in [0.4, 0.5) is 26.3 Å². The molecular weight excluding hydrogens is 426 g/mol. The fraction of sp³-hybridized carbons (Fsp3) is 0.429. The first-order valence-corrected chi connectivity index (χ1v) is 8.61. The number of halogens is 6. The Hall–Kier alpha value is -2.35. The Kier molecular flexibility index (Phi) is 6.41. The average Bonchev–Trinajstić information content (AvgIpc) is 2.41. The third kappa shape index (κ3) is 5.34. The van der Waals surface area contributed by atoms with Crippen LogP contribution in [-0.4, -0.2) is 48.6 Å². The lowest BCUT2D eigenvalue weighted by atomic mass is 10.0. The molecule has 1 rings (SSSR count). The predicted octanol–water partition coefficient (Wildman–Crippen LogP) is 2.83. The van der Waals surface area contributed by atoms with Gasteiger partial charge in [0.2, 0.25) is 0 Å². The molecule has 0 spiro atoms. The summed E-state index contributed by atoms with van der Waals surface area (Å²) in [6.45, 7) is 2.27. The number of aryl methyl sites for hydroxylation is 1. The topological polar surface area (TPSA) is 107 Å². The van der Waals surface area contributed by atoms with Crippen molar-refractivity contribution in [3.63, 3.8) is 0 Å². The van der Waals surface area contributed by atoms with Crippen molar-refractivity contribution in [3.8, 4) is 5.75 Å². The molecule has 0 fully saturated rings. The van der Waals surface area contributed by atoms with Crippen molar-refractivity contribution in [1.29, 1.82) is 0 Å². The van der Waals surface area contributed by atoms with Gasteiger partial charge in [-0.2, -0.15) is 34.8 Å². The third-order valence-electron chi connectivity index (χ3n) is 3.18. The lowest BCUT2D eigenvalue weighted by molar-refractivity contribution is -0.356. The fourth-order valence-corrected chi connectivity index (χ4v) is 2.88. The highest BCUT2D eigenvalue weighted by Gasteiger charge is 2.76. The molecule has 1 aromatic rings. The summed E-state index contributed by atoms with van der Waals surface area (Å²) in [5, 5.41) is 0. The molecule has 0 aliphatic carbocycles. The molecule has 0 aliphatic heterocycles. The summed E-state index contributed by atoms with van der Waals surface area (Å²) in [5.41, 5.74) is -6.25. The minimum atomic E-state index is -6.47. The summed E-state index contributed by atoms with van der Waals surface area (Å²) in [5.74, 6) is -7.05. The summed E-state index contributed by atoms with van der Waals surface area (Å²) in [4.78, 5) is 23.1. The second-order valence-electron chi connectivity index (χ2n) is 5.53.